The number of ether oxygens (including phenoxy) is 1. The molecule has 2 rings (SSSR count). The molecule has 4 nitrogen and oxygen atoms in total. The van der Waals surface area contributed by atoms with E-state index in [9.17, 15) is 18.0 Å². The van der Waals surface area contributed by atoms with Crippen molar-refractivity contribution in [1.29, 1.82) is 0 Å². The maximum absolute atomic E-state index is 12.7. The van der Waals surface area contributed by atoms with Gasteiger partial charge >= 0.3 is 6.18 Å². The second kappa shape index (κ2) is 5.55. The molecule has 1 aliphatic rings. The van der Waals surface area contributed by atoms with Crippen LogP contribution < -0.4 is 11.1 Å². The number of benzene rings is 1. The molecule has 3 N–H and O–H groups in total. The number of nitrogens with two attached hydrogens (primary N) is 1. The molecule has 0 unspecified atom stereocenters. The number of methoxy groups -OCH3 is 1. The van der Waals surface area contributed by atoms with Crippen LogP contribution in [0, 0.1) is 0 Å². The smallest absolute Gasteiger partial charge is 0.398 e. The molecule has 0 bridgehead atoms. The summed E-state index contributed by atoms with van der Waals surface area (Å²) < 4.78 is 43.3. The van der Waals surface area contributed by atoms with E-state index in [1.165, 1.54) is 0 Å². The Morgan fingerprint density at radius 3 is 2.57 bits per heavy atom. The topological polar surface area (TPSA) is 64.3 Å². The molecule has 7 heteroatoms. The average molecular weight is 302 g/mol. The number of amides is 1. The Morgan fingerprint density at radius 2 is 2.10 bits per heavy atom. The summed E-state index contributed by atoms with van der Waals surface area (Å²) >= 11 is 0. The predicted octanol–water partition coefficient (Wildman–Crippen LogP) is 2.59. The molecule has 0 atom stereocenters. The molecule has 1 fully saturated rings. The van der Waals surface area contributed by atoms with Gasteiger partial charge in [-0.05, 0) is 37.5 Å². The second-order valence-electron chi connectivity index (χ2n) is 5.22. The number of alkyl halides is 3. The van der Waals surface area contributed by atoms with E-state index in [4.69, 9.17) is 10.5 Å². The highest BCUT2D eigenvalue weighted by molar-refractivity contribution is 5.99. The molecule has 0 saturated heterocycles. The molecule has 0 spiro atoms. The Kier molecular flexibility index (Phi) is 4.13. The lowest BCUT2D eigenvalue weighted by molar-refractivity contribution is -0.137. The van der Waals surface area contributed by atoms with Gasteiger partial charge in [-0.15, -0.1) is 0 Å². The Hall–Kier alpha value is -1.76. The summed E-state index contributed by atoms with van der Waals surface area (Å²) in [6.45, 7) is 0.262. The maximum Gasteiger partial charge on any atom is 0.416 e. The number of carbonyl (C=O) groups excluding carboxylic acids is 1. The molecule has 116 valence electrons. The molecular formula is C14H17F3N2O2. The highest BCUT2D eigenvalue weighted by Gasteiger charge is 2.37. The van der Waals surface area contributed by atoms with Gasteiger partial charge in [-0.2, -0.15) is 13.2 Å². The van der Waals surface area contributed by atoms with E-state index in [2.05, 4.69) is 5.32 Å². The Morgan fingerprint density at radius 1 is 1.43 bits per heavy atom. The van der Waals surface area contributed by atoms with E-state index < -0.39 is 23.2 Å². The van der Waals surface area contributed by atoms with Crippen molar-refractivity contribution in [3.8, 4) is 0 Å². The van der Waals surface area contributed by atoms with Crippen molar-refractivity contribution in [3.05, 3.63) is 29.3 Å². The third-order valence-electron chi connectivity index (χ3n) is 3.89. The SMILES string of the molecule is COC1(CNC(=O)c2cc(C(F)(F)F)ccc2N)CCC1. The van der Waals surface area contributed by atoms with Gasteiger partial charge in [0.05, 0.1) is 16.7 Å². The van der Waals surface area contributed by atoms with Crippen molar-refractivity contribution in [2.75, 3.05) is 19.4 Å². The minimum Gasteiger partial charge on any atom is -0.398 e. The van der Waals surface area contributed by atoms with E-state index >= 15 is 0 Å². The van der Waals surface area contributed by atoms with Crippen LogP contribution in [-0.4, -0.2) is 25.2 Å². The Balaban J connectivity index is 2.11. The van der Waals surface area contributed by atoms with Gasteiger partial charge in [0.2, 0.25) is 0 Å². The molecule has 0 heterocycles. The minimum atomic E-state index is -4.51. The van der Waals surface area contributed by atoms with Gasteiger partial charge in [-0.25, -0.2) is 0 Å². The molecule has 1 amide bonds. The van der Waals surface area contributed by atoms with Gasteiger partial charge < -0.3 is 15.8 Å². The van der Waals surface area contributed by atoms with Crippen LogP contribution in [0.5, 0.6) is 0 Å². The number of hydrogen-bond acceptors (Lipinski definition) is 3. The predicted molar refractivity (Wildman–Crippen MR) is 71.8 cm³/mol. The third-order valence-corrected chi connectivity index (χ3v) is 3.89. The Labute approximate surface area is 120 Å². The summed E-state index contributed by atoms with van der Waals surface area (Å²) in [5, 5.41) is 2.60. The van der Waals surface area contributed by atoms with Crippen LogP contribution in [0.15, 0.2) is 18.2 Å². The monoisotopic (exact) mass is 302 g/mol. The fourth-order valence-electron chi connectivity index (χ4n) is 2.29. The first-order chi connectivity index (χ1) is 9.77. The second-order valence-corrected chi connectivity index (χ2v) is 5.22. The third kappa shape index (κ3) is 3.29. The summed E-state index contributed by atoms with van der Waals surface area (Å²) in [4.78, 5) is 12.0. The number of nitrogens with one attached hydrogen (secondary N) is 1. The minimum absolute atomic E-state index is 0.0144. The lowest BCUT2D eigenvalue weighted by Crippen LogP contribution is -2.49. The van der Waals surface area contributed by atoms with Crippen LogP contribution in [0.25, 0.3) is 0 Å². The van der Waals surface area contributed by atoms with Crippen LogP contribution in [0.3, 0.4) is 0 Å². The number of hydrogen-bond donors (Lipinski definition) is 2. The van der Waals surface area contributed by atoms with E-state index in [1.807, 2.05) is 0 Å². The van der Waals surface area contributed by atoms with E-state index in [1.54, 1.807) is 7.11 Å². The number of anilines is 1. The molecule has 0 radical (unpaired) electrons. The maximum atomic E-state index is 12.7. The zero-order valence-corrected chi connectivity index (χ0v) is 11.6. The molecule has 21 heavy (non-hydrogen) atoms. The molecule has 0 aliphatic heterocycles. The van der Waals surface area contributed by atoms with Gasteiger partial charge in [-0.3, -0.25) is 4.79 Å². The fraction of sp³-hybridized carbons (Fsp3) is 0.500. The zero-order valence-electron chi connectivity index (χ0n) is 11.6. The molecule has 1 aliphatic carbocycles. The first-order valence-electron chi connectivity index (χ1n) is 6.57. The summed E-state index contributed by atoms with van der Waals surface area (Å²) in [6, 6.07) is 2.72. The van der Waals surface area contributed by atoms with Crippen molar-refractivity contribution in [1.82, 2.24) is 5.32 Å². The van der Waals surface area contributed by atoms with Crippen molar-refractivity contribution >= 4 is 11.6 Å². The van der Waals surface area contributed by atoms with Crippen molar-refractivity contribution < 1.29 is 22.7 Å². The normalized spacial score (nSPS) is 17.1. The first-order valence-corrected chi connectivity index (χ1v) is 6.57. The van der Waals surface area contributed by atoms with Crippen LogP contribution in [0.1, 0.15) is 35.2 Å². The van der Waals surface area contributed by atoms with Gasteiger partial charge in [0.15, 0.2) is 0 Å². The number of halogens is 3. The molecule has 1 aromatic rings. The van der Waals surface area contributed by atoms with E-state index in [0.717, 1.165) is 37.5 Å². The molecular weight excluding hydrogens is 285 g/mol. The molecule has 1 aromatic carbocycles. The van der Waals surface area contributed by atoms with Gasteiger partial charge in [-0.1, -0.05) is 0 Å². The van der Waals surface area contributed by atoms with Gasteiger partial charge in [0.1, 0.15) is 0 Å². The average Bonchev–Trinajstić information content (AvgIpc) is 2.36. The van der Waals surface area contributed by atoms with Crippen molar-refractivity contribution in [2.24, 2.45) is 0 Å². The summed E-state index contributed by atoms with van der Waals surface area (Å²) in [6.07, 6.45) is -1.86. The standard InChI is InChI=1S/C14H17F3N2O2/c1-21-13(5-2-6-13)8-19-12(20)10-7-9(14(15,16)17)3-4-11(10)18/h3-4,7H,2,5-6,8,18H2,1H3,(H,19,20). The molecule has 1 saturated carbocycles. The van der Waals surface area contributed by atoms with Crippen LogP contribution in [0.2, 0.25) is 0 Å². The summed E-state index contributed by atoms with van der Waals surface area (Å²) in [5.74, 6) is -0.623. The van der Waals surface area contributed by atoms with E-state index in [0.29, 0.717) is 0 Å². The first kappa shape index (κ1) is 15.6. The lowest BCUT2D eigenvalue weighted by atomic mass is 9.80. The lowest BCUT2D eigenvalue weighted by Gasteiger charge is -2.40. The van der Waals surface area contributed by atoms with Crippen LogP contribution in [0.4, 0.5) is 18.9 Å². The number of nitrogen functional groups attached to an aromatic ring is 1. The number of carbonyl (C=O) groups is 1. The molecule has 0 aromatic heterocycles. The summed E-state index contributed by atoms with van der Waals surface area (Å²) in [5.41, 5.74) is 4.14. The highest BCUT2D eigenvalue weighted by Crippen LogP contribution is 2.34. The van der Waals surface area contributed by atoms with Crippen molar-refractivity contribution in [2.45, 2.75) is 31.0 Å². The number of rotatable bonds is 4. The van der Waals surface area contributed by atoms with Gasteiger partial charge in [0.25, 0.3) is 5.91 Å². The highest BCUT2D eigenvalue weighted by atomic mass is 19.4. The quantitative estimate of drug-likeness (QED) is 0.840. The summed E-state index contributed by atoms with van der Waals surface area (Å²) in [7, 11) is 1.56. The fourth-order valence-corrected chi connectivity index (χ4v) is 2.29. The van der Waals surface area contributed by atoms with Crippen LogP contribution in [-0.2, 0) is 10.9 Å². The van der Waals surface area contributed by atoms with E-state index in [-0.39, 0.29) is 17.8 Å². The largest absolute Gasteiger partial charge is 0.416 e. The zero-order chi connectivity index (χ0) is 15.7. The van der Waals surface area contributed by atoms with Crippen LogP contribution >= 0.6 is 0 Å². The Bertz CT molecular complexity index is 534. The van der Waals surface area contributed by atoms with Gasteiger partial charge in [0, 0.05) is 19.3 Å². The van der Waals surface area contributed by atoms with Crippen molar-refractivity contribution in [3.63, 3.8) is 0 Å².